The van der Waals surface area contributed by atoms with Crippen molar-refractivity contribution in [2.75, 3.05) is 6.54 Å². The lowest BCUT2D eigenvalue weighted by Gasteiger charge is -2.24. The summed E-state index contributed by atoms with van der Waals surface area (Å²) in [5.41, 5.74) is 8.35. The lowest BCUT2D eigenvalue weighted by molar-refractivity contribution is 0.136. The van der Waals surface area contributed by atoms with Crippen LogP contribution in [0.2, 0.25) is 0 Å². The summed E-state index contributed by atoms with van der Waals surface area (Å²) in [6.45, 7) is 9.23. The molecule has 2 atom stereocenters. The van der Waals surface area contributed by atoms with Crippen LogP contribution in [-0.4, -0.2) is 18.2 Å². The maximum Gasteiger partial charge on any atom is 0.128 e. The van der Waals surface area contributed by atoms with Gasteiger partial charge in [0, 0.05) is 30.6 Å². The minimum Gasteiger partial charge on any atom is -0.487 e. The summed E-state index contributed by atoms with van der Waals surface area (Å²) in [7, 11) is 0. The van der Waals surface area contributed by atoms with E-state index in [1.54, 1.807) is 0 Å². The number of nitrogens with two attached hydrogens (primary N) is 1. The van der Waals surface area contributed by atoms with E-state index in [1.165, 1.54) is 11.1 Å². The molecule has 3 N–H and O–H groups in total. The van der Waals surface area contributed by atoms with E-state index in [2.05, 4.69) is 51.2 Å². The topological polar surface area (TPSA) is 47.3 Å². The Morgan fingerprint density at radius 1 is 1.42 bits per heavy atom. The van der Waals surface area contributed by atoms with Crippen LogP contribution in [-0.2, 0) is 6.42 Å². The SMILES string of the molecule is CCC(C)NC(CN)c1cccc2c1OC(C)(C)C2. The summed E-state index contributed by atoms with van der Waals surface area (Å²) in [5, 5.41) is 3.58. The van der Waals surface area contributed by atoms with Gasteiger partial charge in [0.1, 0.15) is 11.4 Å². The number of rotatable bonds is 5. The van der Waals surface area contributed by atoms with Crippen molar-refractivity contribution in [1.29, 1.82) is 0 Å². The van der Waals surface area contributed by atoms with Gasteiger partial charge >= 0.3 is 0 Å². The zero-order valence-corrected chi connectivity index (χ0v) is 12.5. The van der Waals surface area contributed by atoms with Gasteiger partial charge in [-0.3, -0.25) is 0 Å². The van der Waals surface area contributed by atoms with Crippen LogP contribution in [0.25, 0.3) is 0 Å². The fourth-order valence-electron chi connectivity index (χ4n) is 2.66. The molecule has 106 valence electrons. The largest absolute Gasteiger partial charge is 0.487 e. The summed E-state index contributed by atoms with van der Waals surface area (Å²) >= 11 is 0. The Labute approximate surface area is 116 Å². The molecule has 0 amide bonds. The van der Waals surface area contributed by atoms with E-state index in [0.717, 1.165) is 18.6 Å². The molecule has 2 rings (SSSR count). The Morgan fingerprint density at radius 2 is 2.16 bits per heavy atom. The van der Waals surface area contributed by atoms with E-state index < -0.39 is 0 Å². The molecule has 1 aliphatic rings. The molecule has 1 aromatic carbocycles. The van der Waals surface area contributed by atoms with Crippen LogP contribution in [0, 0.1) is 0 Å². The van der Waals surface area contributed by atoms with Crippen LogP contribution in [0.3, 0.4) is 0 Å². The van der Waals surface area contributed by atoms with Crippen LogP contribution in [0.15, 0.2) is 18.2 Å². The Hall–Kier alpha value is -1.06. The van der Waals surface area contributed by atoms with E-state index in [1.807, 2.05) is 0 Å². The number of hydrogen-bond donors (Lipinski definition) is 2. The second kappa shape index (κ2) is 5.51. The number of hydrogen-bond acceptors (Lipinski definition) is 3. The van der Waals surface area contributed by atoms with Crippen LogP contribution in [0.5, 0.6) is 5.75 Å². The Morgan fingerprint density at radius 3 is 2.79 bits per heavy atom. The minimum absolute atomic E-state index is 0.103. The third-order valence-corrected chi connectivity index (χ3v) is 3.83. The summed E-state index contributed by atoms with van der Waals surface area (Å²) < 4.78 is 6.13. The molecule has 1 aromatic rings. The highest BCUT2D eigenvalue weighted by Crippen LogP contribution is 2.39. The molecular formula is C16H26N2O. The monoisotopic (exact) mass is 262 g/mol. The first-order valence-electron chi connectivity index (χ1n) is 7.23. The van der Waals surface area contributed by atoms with Crippen LogP contribution in [0.1, 0.15) is 51.3 Å². The van der Waals surface area contributed by atoms with Crippen molar-refractivity contribution in [3.63, 3.8) is 0 Å². The van der Waals surface area contributed by atoms with E-state index in [9.17, 15) is 0 Å². The van der Waals surface area contributed by atoms with E-state index in [0.29, 0.717) is 12.6 Å². The third kappa shape index (κ3) is 3.10. The smallest absolute Gasteiger partial charge is 0.128 e. The first kappa shape index (κ1) is 14.4. The van der Waals surface area contributed by atoms with Crippen molar-refractivity contribution in [1.82, 2.24) is 5.32 Å². The van der Waals surface area contributed by atoms with Crippen LogP contribution in [0.4, 0.5) is 0 Å². The highest BCUT2D eigenvalue weighted by Gasteiger charge is 2.33. The van der Waals surface area contributed by atoms with Gasteiger partial charge in [-0.1, -0.05) is 25.1 Å². The van der Waals surface area contributed by atoms with E-state index in [-0.39, 0.29) is 11.6 Å². The van der Waals surface area contributed by atoms with Crippen LogP contribution >= 0.6 is 0 Å². The second-order valence-corrected chi connectivity index (χ2v) is 6.14. The first-order valence-corrected chi connectivity index (χ1v) is 7.23. The Bertz CT molecular complexity index is 442. The molecule has 1 aliphatic heterocycles. The van der Waals surface area contributed by atoms with Crippen LogP contribution < -0.4 is 15.8 Å². The predicted molar refractivity (Wildman–Crippen MR) is 79.5 cm³/mol. The maximum atomic E-state index is 6.13. The van der Waals surface area contributed by atoms with Crippen molar-refractivity contribution in [3.8, 4) is 5.75 Å². The fourth-order valence-corrected chi connectivity index (χ4v) is 2.66. The summed E-state index contributed by atoms with van der Waals surface area (Å²) in [5.74, 6) is 1.04. The predicted octanol–water partition coefficient (Wildman–Crippen LogP) is 2.79. The normalized spacial score (nSPS) is 19.6. The molecule has 19 heavy (non-hydrogen) atoms. The van der Waals surface area contributed by atoms with E-state index >= 15 is 0 Å². The Balaban J connectivity index is 2.28. The fraction of sp³-hybridized carbons (Fsp3) is 0.625. The van der Waals surface area contributed by atoms with Gasteiger partial charge in [0.25, 0.3) is 0 Å². The standard InChI is InChI=1S/C16H26N2O/c1-5-11(2)18-14(10-17)13-8-6-7-12-9-16(3,4)19-15(12)13/h6-8,11,14,18H,5,9-10,17H2,1-4H3. The molecule has 0 saturated carbocycles. The van der Waals surface area contributed by atoms with Crippen molar-refractivity contribution < 1.29 is 4.74 Å². The van der Waals surface area contributed by atoms with E-state index in [4.69, 9.17) is 10.5 Å². The molecule has 0 aromatic heterocycles. The molecular weight excluding hydrogens is 236 g/mol. The van der Waals surface area contributed by atoms with Crippen molar-refractivity contribution >= 4 is 0 Å². The summed E-state index contributed by atoms with van der Waals surface area (Å²) in [6.07, 6.45) is 2.06. The van der Waals surface area contributed by atoms with Crippen molar-refractivity contribution in [2.24, 2.45) is 5.73 Å². The molecule has 3 nitrogen and oxygen atoms in total. The Kier molecular flexibility index (Phi) is 4.16. The molecule has 2 unspecified atom stereocenters. The molecule has 0 spiro atoms. The minimum atomic E-state index is -0.103. The average Bonchev–Trinajstić information content (AvgIpc) is 2.69. The van der Waals surface area contributed by atoms with Gasteiger partial charge in [-0.2, -0.15) is 0 Å². The number of nitrogens with one attached hydrogen (secondary N) is 1. The van der Waals surface area contributed by atoms with Gasteiger partial charge in [0.05, 0.1) is 0 Å². The highest BCUT2D eigenvalue weighted by molar-refractivity contribution is 5.47. The number of fused-ring (bicyclic) bond motifs is 1. The average molecular weight is 262 g/mol. The van der Waals surface area contributed by atoms with Gasteiger partial charge in [0.15, 0.2) is 0 Å². The third-order valence-electron chi connectivity index (χ3n) is 3.83. The zero-order chi connectivity index (χ0) is 14.0. The van der Waals surface area contributed by atoms with Crippen molar-refractivity contribution in [3.05, 3.63) is 29.3 Å². The van der Waals surface area contributed by atoms with Crippen molar-refractivity contribution in [2.45, 2.75) is 58.2 Å². The van der Waals surface area contributed by atoms with Gasteiger partial charge < -0.3 is 15.8 Å². The van der Waals surface area contributed by atoms with Gasteiger partial charge in [-0.05, 0) is 32.8 Å². The number of ether oxygens (including phenoxy) is 1. The number of para-hydroxylation sites is 1. The zero-order valence-electron chi connectivity index (χ0n) is 12.5. The first-order chi connectivity index (χ1) is 8.96. The van der Waals surface area contributed by atoms with Gasteiger partial charge in [0.2, 0.25) is 0 Å². The molecule has 0 saturated heterocycles. The molecule has 0 bridgehead atoms. The molecule has 0 aliphatic carbocycles. The maximum absolute atomic E-state index is 6.13. The summed E-state index contributed by atoms with van der Waals surface area (Å²) in [4.78, 5) is 0. The quantitative estimate of drug-likeness (QED) is 0.858. The number of benzene rings is 1. The molecule has 3 heteroatoms. The second-order valence-electron chi connectivity index (χ2n) is 6.14. The lowest BCUT2D eigenvalue weighted by Crippen LogP contribution is -2.35. The molecule has 1 heterocycles. The highest BCUT2D eigenvalue weighted by atomic mass is 16.5. The molecule has 0 fully saturated rings. The van der Waals surface area contributed by atoms with Gasteiger partial charge in [-0.25, -0.2) is 0 Å². The lowest BCUT2D eigenvalue weighted by atomic mass is 9.98. The van der Waals surface area contributed by atoms with Gasteiger partial charge in [-0.15, -0.1) is 0 Å². The molecule has 0 radical (unpaired) electrons. The summed E-state index contributed by atoms with van der Waals surface area (Å²) in [6, 6.07) is 7.02.